The molecule has 0 N–H and O–H groups in total. The molecule has 0 rings (SSSR count). The van der Waals surface area contributed by atoms with E-state index < -0.39 is 0 Å². The van der Waals surface area contributed by atoms with Gasteiger partial charge in [-0.2, -0.15) is 0 Å². The summed E-state index contributed by atoms with van der Waals surface area (Å²) in [6.45, 7) is 13.4. The van der Waals surface area contributed by atoms with E-state index in [1.54, 1.807) is 0 Å². The van der Waals surface area contributed by atoms with Crippen molar-refractivity contribution in [3.05, 3.63) is 12.8 Å². The number of ether oxygens (including phenoxy) is 7. The Morgan fingerprint density at radius 3 is 1.13 bits per heavy atom. The van der Waals surface area contributed by atoms with Crippen LogP contribution in [-0.4, -0.2) is 85.9 Å². The zero-order valence-electron chi connectivity index (χ0n) is 20.0. The number of unbranched alkanes of at least 4 members (excludes halogenated alkanes) is 7. The molecule has 0 bridgehead atoms. The van der Waals surface area contributed by atoms with Crippen molar-refractivity contribution in [3.8, 4) is 0 Å². The first kappa shape index (κ1) is 30.3. The third-order valence-electron chi connectivity index (χ3n) is 4.47. The standard InChI is InChI=1S/C24H48O7/c1-3-5-6-7-8-9-10-11-12-26-15-16-28-19-20-30-23-24-31-22-21-29-18-17-27-14-13-25-4-2/h4H,2-3,5-24H2,1H3. The minimum absolute atomic E-state index is 0.519. The van der Waals surface area contributed by atoms with Gasteiger partial charge in [0.1, 0.15) is 6.61 Å². The summed E-state index contributed by atoms with van der Waals surface area (Å²) in [5.41, 5.74) is 0. The summed E-state index contributed by atoms with van der Waals surface area (Å²) in [6, 6.07) is 0. The van der Waals surface area contributed by atoms with E-state index in [4.69, 9.17) is 33.2 Å². The summed E-state index contributed by atoms with van der Waals surface area (Å²) in [4.78, 5) is 0. The largest absolute Gasteiger partial charge is 0.499 e. The highest BCUT2D eigenvalue weighted by molar-refractivity contribution is 4.48. The Morgan fingerprint density at radius 2 is 0.742 bits per heavy atom. The molecule has 7 heteroatoms. The molecule has 0 amide bonds. The Kier molecular flexibility index (Phi) is 28.6. The Morgan fingerprint density at radius 1 is 0.419 bits per heavy atom. The zero-order valence-corrected chi connectivity index (χ0v) is 20.0. The van der Waals surface area contributed by atoms with Crippen LogP contribution in [0.5, 0.6) is 0 Å². The predicted molar refractivity (Wildman–Crippen MR) is 124 cm³/mol. The van der Waals surface area contributed by atoms with E-state index in [2.05, 4.69) is 13.5 Å². The number of hydrogen-bond donors (Lipinski definition) is 0. The molecule has 0 aliphatic rings. The average molecular weight is 449 g/mol. The quantitative estimate of drug-likeness (QED) is 0.130. The van der Waals surface area contributed by atoms with Gasteiger partial charge in [0.05, 0.1) is 78.9 Å². The fraction of sp³-hybridized carbons (Fsp3) is 0.917. The predicted octanol–water partition coefficient (Wildman–Crippen LogP) is 4.39. The molecule has 0 heterocycles. The maximum atomic E-state index is 5.59. The highest BCUT2D eigenvalue weighted by Crippen LogP contribution is 2.08. The number of rotatable bonds is 28. The van der Waals surface area contributed by atoms with Crippen LogP contribution in [0.2, 0.25) is 0 Å². The lowest BCUT2D eigenvalue weighted by Gasteiger charge is -2.08. The van der Waals surface area contributed by atoms with Gasteiger partial charge in [-0.25, -0.2) is 0 Å². The van der Waals surface area contributed by atoms with Crippen molar-refractivity contribution in [2.45, 2.75) is 58.3 Å². The van der Waals surface area contributed by atoms with Crippen LogP contribution in [0.4, 0.5) is 0 Å². The Bertz CT molecular complexity index is 329. The molecular formula is C24H48O7. The summed E-state index contributed by atoms with van der Waals surface area (Å²) in [5.74, 6) is 0. The van der Waals surface area contributed by atoms with Gasteiger partial charge in [0.2, 0.25) is 0 Å². The van der Waals surface area contributed by atoms with Gasteiger partial charge < -0.3 is 33.2 Å². The molecule has 0 radical (unpaired) electrons. The minimum atomic E-state index is 0.519. The van der Waals surface area contributed by atoms with Crippen LogP contribution in [0.25, 0.3) is 0 Å². The molecule has 0 saturated heterocycles. The highest BCUT2D eigenvalue weighted by Gasteiger charge is 1.95. The topological polar surface area (TPSA) is 64.6 Å². The molecule has 0 aliphatic carbocycles. The molecule has 0 aromatic heterocycles. The fourth-order valence-corrected chi connectivity index (χ4v) is 2.73. The maximum absolute atomic E-state index is 5.59. The normalized spacial score (nSPS) is 11.1. The lowest BCUT2D eigenvalue weighted by Crippen LogP contribution is -2.14. The van der Waals surface area contributed by atoms with Gasteiger partial charge in [-0.3, -0.25) is 0 Å². The Labute approximate surface area is 190 Å². The van der Waals surface area contributed by atoms with E-state index in [1.807, 2.05) is 0 Å². The fourth-order valence-electron chi connectivity index (χ4n) is 2.73. The van der Waals surface area contributed by atoms with Gasteiger partial charge in [0, 0.05) is 6.61 Å². The van der Waals surface area contributed by atoms with Crippen molar-refractivity contribution in [2.75, 3.05) is 85.9 Å². The van der Waals surface area contributed by atoms with Crippen molar-refractivity contribution in [1.82, 2.24) is 0 Å². The summed E-state index contributed by atoms with van der Waals surface area (Å²) in [7, 11) is 0. The third kappa shape index (κ3) is 29.3. The molecule has 0 aromatic rings. The van der Waals surface area contributed by atoms with Gasteiger partial charge in [-0.15, -0.1) is 0 Å². The van der Waals surface area contributed by atoms with Crippen LogP contribution in [-0.2, 0) is 33.2 Å². The molecule has 0 spiro atoms. The molecule has 0 unspecified atom stereocenters. The highest BCUT2D eigenvalue weighted by atomic mass is 16.6. The van der Waals surface area contributed by atoms with E-state index in [0.29, 0.717) is 79.3 Å². The lowest BCUT2D eigenvalue weighted by atomic mass is 10.1. The van der Waals surface area contributed by atoms with Gasteiger partial charge in [0.25, 0.3) is 0 Å². The molecule has 186 valence electrons. The average Bonchev–Trinajstić information content (AvgIpc) is 2.78. The third-order valence-corrected chi connectivity index (χ3v) is 4.47. The van der Waals surface area contributed by atoms with Crippen LogP contribution < -0.4 is 0 Å². The SMILES string of the molecule is C=COCCOCCOCCOCCOCCOCCOCCCCCCCCCC. The Balaban J connectivity index is 2.98. The minimum Gasteiger partial charge on any atom is -0.499 e. The van der Waals surface area contributed by atoms with Gasteiger partial charge in [-0.1, -0.05) is 58.4 Å². The molecule has 0 aliphatic heterocycles. The van der Waals surface area contributed by atoms with Crippen LogP contribution in [0.15, 0.2) is 12.8 Å². The summed E-state index contributed by atoms with van der Waals surface area (Å²) >= 11 is 0. The van der Waals surface area contributed by atoms with Crippen LogP contribution >= 0.6 is 0 Å². The molecule has 7 nitrogen and oxygen atoms in total. The van der Waals surface area contributed by atoms with Crippen molar-refractivity contribution in [3.63, 3.8) is 0 Å². The second-order valence-electron chi connectivity index (χ2n) is 7.19. The summed E-state index contributed by atoms with van der Waals surface area (Å²) in [5, 5.41) is 0. The van der Waals surface area contributed by atoms with E-state index in [9.17, 15) is 0 Å². The second-order valence-corrected chi connectivity index (χ2v) is 7.19. The molecule has 31 heavy (non-hydrogen) atoms. The Hall–Kier alpha value is -0.700. The van der Waals surface area contributed by atoms with Gasteiger partial charge in [-0.05, 0) is 6.42 Å². The summed E-state index contributed by atoms with van der Waals surface area (Å²) < 4.78 is 37.6. The van der Waals surface area contributed by atoms with Gasteiger partial charge in [0.15, 0.2) is 0 Å². The molecule has 0 atom stereocenters. The first-order chi connectivity index (χ1) is 15.4. The van der Waals surface area contributed by atoms with Crippen molar-refractivity contribution >= 4 is 0 Å². The van der Waals surface area contributed by atoms with Crippen LogP contribution in [0, 0.1) is 0 Å². The lowest BCUT2D eigenvalue weighted by molar-refractivity contribution is -0.0185. The first-order valence-corrected chi connectivity index (χ1v) is 12.1. The molecule has 0 aromatic carbocycles. The smallest absolute Gasteiger partial charge is 0.111 e. The van der Waals surface area contributed by atoms with E-state index in [-0.39, 0.29) is 0 Å². The molecular weight excluding hydrogens is 400 g/mol. The van der Waals surface area contributed by atoms with E-state index in [0.717, 1.165) is 13.0 Å². The second kappa shape index (κ2) is 29.3. The van der Waals surface area contributed by atoms with Crippen LogP contribution in [0.1, 0.15) is 58.3 Å². The number of hydrogen-bond acceptors (Lipinski definition) is 7. The van der Waals surface area contributed by atoms with Crippen molar-refractivity contribution in [2.24, 2.45) is 0 Å². The monoisotopic (exact) mass is 448 g/mol. The first-order valence-electron chi connectivity index (χ1n) is 12.1. The summed E-state index contributed by atoms with van der Waals surface area (Å²) in [6.07, 6.45) is 12.0. The van der Waals surface area contributed by atoms with E-state index in [1.165, 1.54) is 51.2 Å². The van der Waals surface area contributed by atoms with Gasteiger partial charge >= 0.3 is 0 Å². The molecule has 0 fully saturated rings. The van der Waals surface area contributed by atoms with Crippen LogP contribution in [0.3, 0.4) is 0 Å². The maximum Gasteiger partial charge on any atom is 0.111 e. The van der Waals surface area contributed by atoms with Crippen molar-refractivity contribution < 1.29 is 33.2 Å². The molecule has 0 saturated carbocycles. The van der Waals surface area contributed by atoms with Crippen molar-refractivity contribution in [1.29, 1.82) is 0 Å². The zero-order chi connectivity index (χ0) is 22.5. The van der Waals surface area contributed by atoms with E-state index >= 15 is 0 Å².